The molecule has 16 heteroatoms. The average molecular weight is 603 g/mol. The molecule has 0 amide bonds. The second kappa shape index (κ2) is 10.1. The van der Waals surface area contributed by atoms with Crippen LogP contribution in [0.4, 0.5) is 39.5 Å². The highest BCUT2D eigenvalue weighted by Crippen LogP contribution is 2.53. The van der Waals surface area contributed by atoms with E-state index < -0.39 is 42.2 Å². The summed E-state index contributed by atoms with van der Waals surface area (Å²) in [6, 6.07) is 5.80. The number of nitrogens with zero attached hydrogens (tertiary/aromatic N) is 4. The van der Waals surface area contributed by atoms with Crippen LogP contribution in [0.2, 0.25) is 0 Å². The maximum absolute atomic E-state index is 13.6. The molecule has 0 bridgehead atoms. The Labute approximate surface area is 210 Å². The lowest BCUT2D eigenvalue weighted by Crippen LogP contribution is -2.62. The van der Waals surface area contributed by atoms with Gasteiger partial charge in [-0.25, -0.2) is 0 Å². The number of rotatable bonds is 8. The number of hydrogen-bond acceptors (Lipinski definition) is 5. The Balaban J connectivity index is 1.73. The smallest absolute Gasteiger partial charge is 0.460 e. The highest BCUT2D eigenvalue weighted by Gasteiger charge is 2.81. The molecule has 0 unspecified atom stereocenters. The van der Waals surface area contributed by atoms with Crippen LogP contribution in [-0.2, 0) is 0 Å². The summed E-state index contributed by atoms with van der Waals surface area (Å²) in [6.45, 7) is -2.46. The number of pyridine rings is 1. The van der Waals surface area contributed by atoms with Gasteiger partial charge in [0.25, 0.3) is 0 Å². The maximum Gasteiger partial charge on any atom is 0.460 e. The molecule has 0 aliphatic carbocycles. The standard InChI is InChI=1S/C21H12BrF9N4O2/c22-15-9-13(17(36)34-35-7-5-32-6-8-35)10-33-16(15)12-1-3-14(4-2-12)37-11-18(23,24)19(25,26)20(27,28)21(29,30)31/h1-10H,11H2. The first kappa shape index (κ1) is 28.1. The van der Waals surface area contributed by atoms with E-state index in [9.17, 15) is 44.6 Å². The van der Waals surface area contributed by atoms with Gasteiger partial charge in [-0.05, 0) is 51.4 Å². The molecule has 0 saturated carbocycles. The number of halogens is 10. The van der Waals surface area contributed by atoms with Gasteiger partial charge in [0.1, 0.15) is 5.75 Å². The Morgan fingerprint density at radius 2 is 1.54 bits per heavy atom. The third kappa shape index (κ3) is 5.78. The van der Waals surface area contributed by atoms with Crippen molar-refractivity contribution in [3.8, 4) is 17.0 Å². The van der Waals surface area contributed by atoms with E-state index in [1.807, 2.05) is 0 Å². The first-order valence-electron chi connectivity index (χ1n) is 9.73. The summed E-state index contributed by atoms with van der Waals surface area (Å²) >= 11 is 3.22. The molecule has 3 aromatic rings. The number of hydrogen-bond donors (Lipinski definition) is 0. The van der Waals surface area contributed by atoms with Crippen LogP contribution in [0.25, 0.3) is 11.3 Å². The second-order valence-corrected chi connectivity index (χ2v) is 8.10. The minimum absolute atomic E-state index is 0.0960. The van der Waals surface area contributed by atoms with Gasteiger partial charge in [-0.1, -0.05) is 4.68 Å². The van der Waals surface area contributed by atoms with Gasteiger partial charge in [-0.15, -0.1) is 0 Å². The molecule has 6 nitrogen and oxygen atoms in total. The molecule has 37 heavy (non-hydrogen) atoms. The predicted molar refractivity (Wildman–Crippen MR) is 110 cm³/mol. The van der Waals surface area contributed by atoms with Crippen molar-refractivity contribution in [2.24, 2.45) is 5.10 Å². The van der Waals surface area contributed by atoms with Gasteiger partial charge < -0.3 is 9.84 Å². The van der Waals surface area contributed by atoms with Crippen LogP contribution >= 0.6 is 15.9 Å². The number of ether oxygens (including phenoxy) is 1. The van der Waals surface area contributed by atoms with E-state index in [0.29, 0.717) is 10.0 Å². The fraction of sp³-hybridized carbons (Fsp3) is 0.238. The van der Waals surface area contributed by atoms with Gasteiger partial charge in [0.2, 0.25) is 12.4 Å². The Morgan fingerprint density at radius 3 is 2.08 bits per heavy atom. The predicted octanol–water partition coefficient (Wildman–Crippen LogP) is 4.61. The van der Waals surface area contributed by atoms with Gasteiger partial charge in [0, 0.05) is 21.8 Å². The van der Waals surface area contributed by atoms with Crippen molar-refractivity contribution in [1.29, 1.82) is 0 Å². The number of alkyl halides is 9. The third-order valence-corrected chi connectivity index (χ3v) is 5.27. The molecule has 2 heterocycles. The lowest BCUT2D eigenvalue weighted by atomic mass is 10.0. The Morgan fingerprint density at radius 1 is 0.946 bits per heavy atom. The van der Waals surface area contributed by atoms with Crippen molar-refractivity contribution < 1.29 is 54.0 Å². The lowest BCUT2D eigenvalue weighted by Gasteiger charge is -2.33. The van der Waals surface area contributed by atoms with Gasteiger partial charge in [0.15, 0.2) is 6.61 Å². The fourth-order valence-electron chi connectivity index (χ4n) is 2.69. The third-order valence-electron chi connectivity index (χ3n) is 4.66. The normalized spacial score (nSPS) is 13.5. The summed E-state index contributed by atoms with van der Waals surface area (Å²) in [5.74, 6) is -20.8. The van der Waals surface area contributed by atoms with Gasteiger partial charge in [0.05, 0.1) is 24.0 Å². The highest BCUT2D eigenvalue weighted by molar-refractivity contribution is 9.10. The van der Waals surface area contributed by atoms with E-state index >= 15 is 0 Å². The molecule has 0 N–H and O–H groups in total. The van der Waals surface area contributed by atoms with E-state index in [-0.39, 0.29) is 11.3 Å². The first-order chi connectivity index (χ1) is 17.1. The van der Waals surface area contributed by atoms with Crippen LogP contribution in [0.3, 0.4) is 0 Å². The van der Waals surface area contributed by atoms with E-state index in [2.05, 4.69) is 35.7 Å². The van der Waals surface area contributed by atoms with Crippen molar-refractivity contribution in [2.75, 3.05) is 6.61 Å². The summed E-state index contributed by atoms with van der Waals surface area (Å²) in [7, 11) is 0. The van der Waals surface area contributed by atoms with E-state index in [1.165, 1.54) is 53.9 Å². The molecule has 0 saturated heterocycles. The average Bonchev–Trinajstić information content (AvgIpc) is 2.83. The highest BCUT2D eigenvalue weighted by atomic mass is 79.9. The molecular formula is C21H12BrF9N4O2. The first-order valence-corrected chi connectivity index (χ1v) is 10.5. The molecule has 198 valence electrons. The van der Waals surface area contributed by atoms with E-state index in [1.54, 1.807) is 0 Å². The Kier molecular flexibility index (Phi) is 7.72. The van der Waals surface area contributed by atoms with Crippen molar-refractivity contribution in [1.82, 2.24) is 9.97 Å². The molecule has 0 radical (unpaired) electrons. The minimum atomic E-state index is -6.99. The summed E-state index contributed by atoms with van der Waals surface area (Å²) in [5.41, 5.74) is 0.666. The van der Waals surface area contributed by atoms with Crippen molar-refractivity contribution in [3.63, 3.8) is 0 Å². The molecule has 3 rings (SSSR count). The van der Waals surface area contributed by atoms with Crippen LogP contribution < -0.4 is 14.5 Å². The van der Waals surface area contributed by atoms with Gasteiger partial charge in [-0.2, -0.15) is 39.5 Å². The zero-order chi connectivity index (χ0) is 27.6. The fourth-order valence-corrected chi connectivity index (χ4v) is 3.27. The Bertz CT molecular complexity index is 1270. The summed E-state index contributed by atoms with van der Waals surface area (Å²) in [5, 5.41) is 16.1. The van der Waals surface area contributed by atoms with Crippen LogP contribution in [-0.4, -0.2) is 46.4 Å². The van der Waals surface area contributed by atoms with Crippen molar-refractivity contribution >= 4 is 21.8 Å². The molecule has 0 atom stereocenters. The SMILES string of the molecule is [O-]C(=N[n+]1ccncc1)c1cnc(-c2ccc(OCC(F)(F)C(F)(F)C(F)(F)C(F)(F)F)cc2)c(Br)c1. The van der Waals surface area contributed by atoms with Gasteiger partial charge in [-0.3, -0.25) is 9.97 Å². The summed E-state index contributed by atoms with van der Waals surface area (Å²) in [4.78, 5) is 7.89. The topological polar surface area (TPSA) is 74.3 Å². The lowest BCUT2D eigenvalue weighted by molar-refractivity contribution is -0.682. The number of aromatic nitrogens is 3. The second-order valence-electron chi connectivity index (χ2n) is 7.25. The largest absolute Gasteiger partial charge is 0.854 e. The van der Waals surface area contributed by atoms with Crippen LogP contribution in [0.1, 0.15) is 5.56 Å². The molecule has 1 aromatic carbocycles. The van der Waals surface area contributed by atoms with E-state index in [0.717, 1.165) is 12.1 Å². The number of benzene rings is 1. The molecule has 0 fully saturated rings. The quantitative estimate of drug-likeness (QED) is 0.163. The van der Waals surface area contributed by atoms with Crippen molar-refractivity contribution in [2.45, 2.75) is 23.9 Å². The molecule has 0 aliphatic heterocycles. The Hall–Kier alpha value is -3.43. The molecule has 0 spiro atoms. The van der Waals surface area contributed by atoms with Crippen molar-refractivity contribution in [3.05, 3.63) is 71.4 Å². The zero-order valence-corrected chi connectivity index (χ0v) is 19.5. The van der Waals surface area contributed by atoms with E-state index in [4.69, 9.17) is 0 Å². The molecular weight excluding hydrogens is 591 g/mol. The summed E-state index contributed by atoms with van der Waals surface area (Å²) < 4.78 is 122. The monoisotopic (exact) mass is 602 g/mol. The molecule has 0 aliphatic rings. The van der Waals surface area contributed by atoms with Crippen LogP contribution in [0.15, 0.2) is 70.9 Å². The van der Waals surface area contributed by atoms with Gasteiger partial charge >= 0.3 is 23.9 Å². The van der Waals surface area contributed by atoms with Crippen LogP contribution in [0.5, 0.6) is 5.75 Å². The maximum atomic E-state index is 13.6. The van der Waals surface area contributed by atoms with Crippen LogP contribution in [0, 0.1) is 0 Å². The summed E-state index contributed by atoms with van der Waals surface area (Å²) in [6.07, 6.45) is -0.0398. The molecule has 2 aromatic heterocycles. The minimum Gasteiger partial charge on any atom is -0.854 e. The zero-order valence-electron chi connectivity index (χ0n) is 17.9.